The number of hydrogen-bond acceptors (Lipinski definition) is 4. The van der Waals surface area contributed by atoms with Crippen LogP contribution in [0.3, 0.4) is 0 Å². The molecule has 0 heterocycles. The molecule has 1 aromatic carbocycles. The highest BCUT2D eigenvalue weighted by atomic mass is 16.5. The monoisotopic (exact) mass is 418 g/mol. The number of nitrogens with zero attached hydrogens (tertiary/aromatic N) is 1. The minimum Gasteiger partial charge on any atom is -0.508 e. The van der Waals surface area contributed by atoms with Crippen LogP contribution in [0.15, 0.2) is 29.3 Å². The van der Waals surface area contributed by atoms with Crippen molar-refractivity contribution in [1.29, 1.82) is 0 Å². The number of ether oxygens (including phenoxy) is 1. The van der Waals surface area contributed by atoms with Crippen molar-refractivity contribution in [1.82, 2.24) is 16.0 Å². The van der Waals surface area contributed by atoms with Crippen LogP contribution in [0.4, 0.5) is 0 Å². The lowest BCUT2D eigenvalue weighted by Gasteiger charge is -2.24. The third-order valence-corrected chi connectivity index (χ3v) is 5.37. The summed E-state index contributed by atoms with van der Waals surface area (Å²) in [6.07, 6.45) is 7.29. The Morgan fingerprint density at radius 3 is 2.70 bits per heavy atom. The van der Waals surface area contributed by atoms with Crippen LogP contribution in [-0.2, 0) is 4.74 Å². The molecule has 1 unspecified atom stereocenters. The van der Waals surface area contributed by atoms with Gasteiger partial charge >= 0.3 is 0 Å². The molecule has 4 N–H and O–H groups in total. The summed E-state index contributed by atoms with van der Waals surface area (Å²) in [7, 11) is 0. The zero-order valence-corrected chi connectivity index (χ0v) is 18.5. The number of aromatic hydroxyl groups is 1. The average Bonchev–Trinajstić information content (AvgIpc) is 3.27. The van der Waals surface area contributed by atoms with Gasteiger partial charge in [0.25, 0.3) is 5.91 Å². The van der Waals surface area contributed by atoms with E-state index in [9.17, 15) is 9.90 Å². The second-order valence-electron chi connectivity index (χ2n) is 7.67. The lowest BCUT2D eigenvalue weighted by atomic mass is 9.98. The van der Waals surface area contributed by atoms with Gasteiger partial charge in [-0.3, -0.25) is 9.79 Å². The number of hydrogen-bond donors (Lipinski definition) is 4. The van der Waals surface area contributed by atoms with Crippen molar-refractivity contribution in [3.8, 4) is 5.75 Å². The van der Waals surface area contributed by atoms with Crippen molar-refractivity contribution in [2.75, 3.05) is 32.8 Å². The molecule has 7 heteroatoms. The quantitative estimate of drug-likeness (QED) is 0.238. The minimum absolute atomic E-state index is 0.0908. The van der Waals surface area contributed by atoms with E-state index in [4.69, 9.17) is 4.74 Å². The van der Waals surface area contributed by atoms with E-state index in [2.05, 4.69) is 27.9 Å². The Morgan fingerprint density at radius 2 is 2.00 bits per heavy atom. The van der Waals surface area contributed by atoms with Gasteiger partial charge in [-0.25, -0.2) is 0 Å². The summed E-state index contributed by atoms with van der Waals surface area (Å²) >= 11 is 0. The normalized spacial score (nSPS) is 15.7. The molecule has 1 aromatic rings. The van der Waals surface area contributed by atoms with Gasteiger partial charge in [0.1, 0.15) is 5.75 Å². The Hall–Kier alpha value is -2.28. The zero-order valence-electron chi connectivity index (χ0n) is 18.5. The Morgan fingerprint density at radius 1 is 1.20 bits per heavy atom. The van der Waals surface area contributed by atoms with E-state index in [0.717, 1.165) is 38.5 Å². The fraction of sp³-hybridized carbons (Fsp3) is 0.652. The molecule has 168 valence electrons. The maximum absolute atomic E-state index is 12.1. The predicted octanol–water partition coefficient (Wildman–Crippen LogP) is 3.05. The number of guanidine groups is 1. The molecule has 0 bridgehead atoms. The first-order valence-corrected chi connectivity index (χ1v) is 11.3. The van der Waals surface area contributed by atoms with Gasteiger partial charge in [-0.1, -0.05) is 18.9 Å². The Kier molecular flexibility index (Phi) is 11.1. The van der Waals surface area contributed by atoms with Crippen LogP contribution < -0.4 is 16.0 Å². The Labute approximate surface area is 180 Å². The standard InChI is InChI=1S/C23H38N4O3/c1-3-24-23(27-16-13-21(30-4-2)18-9-5-6-10-18)26-15-8-14-25-22(29)19-11-7-12-20(28)17-19/h7,11-12,17-18,21,28H,3-6,8-10,13-16H2,1-2H3,(H,25,29)(H2,24,26,27). The van der Waals surface area contributed by atoms with Crippen molar-refractivity contribution >= 4 is 11.9 Å². The molecule has 0 radical (unpaired) electrons. The molecule has 0 aliphatic heterocycles. The maximum Gasteiger partial charge on any atom is 0.251 e. The molecular formula is C23H38N4O3. The summed E-state index contributed by atoms with van der Waals surface area (Å²) in [4.78, 5) is 16.7. The largest absolute Gasteiger partial charge is 0.508 e. The van der Waals surface area contributed by atoms with Crippen LogP contribution in [0.2, 0.25) is 0 Å². The molecule has 0 saturated heterocycles. The number of aliphatic imine (C=N–C) groups is 1. The van der Waals surface area contributed by atoms with Crippen LogP contribution in [-0.4, -0.2) is 55.9 Å². The Bertz CT molecular complexity index is 660. The predicted molar refractivity (Wildman–Crippen MR) is 121 cm³/mol. The van der Waals surface area contributed by atoms with Crippen molar-refractivity contribution < 1.29 is 14.6 Å². The van der Waals surface area contributed by atoms with Crippen molar-refractivity contribution in [3.63, 3.8) is 0 Å². The van der Waals surface area contributed by atoms with Gasteiger partial charge in [0, 0.05) is 38.3 Å². The lowest BCUT2D eigenvalue weighted by Crippen LogP contribution is -2.39. The molecule has 1 atom stereocenters. The van der Waals surface area contributed by atoms with Crippen LogP contribution in [0, 0.1) is 5.92 Å². The summed E-state index contributed by atoms with van der Waals surface area (Å²) in [5.74, 6) is 1.40. The second-order valence-corrected chi connectivity index (χ2v) is 7.67. The van der Waals surface area contributed by atoms with E-state index in [1.165, 1.54) is 31.7 Å². The van der Waals surface area contributed by atoms with Crippen LogP contribution in [0.1, 0.15) is 62.7 Å². The summed E-state index contributed by atoms with van der Waals surface area (Å²) in [6, 6.07) is 6.35. The van der Waals surface area contributed by atoms with E-state index in [1.54, 1.807) is 18.2 Å². The first kappa shape index (κ1) is 24.0. The molecule has 1 amide bonds. The van der Waals surface area contributed by atoms with E-state index >= 15 is 0 Å². The van der Waals surface area contributed by atoms with Crippen LogP contribution in [0.5, 0.6) is 5.75 Å². The SMILES string of the molecule is CCNC(=NCCCNC(=O)c1cccc(O)c1)NCCC(OCC)C1CCCC1. The molecule has 7 nitrogen and oxygen atoms in total. The number of carbonyl (C=O) groups excluding carboxylic acids is 1. The summed E-state index contributed by atoms with van der Waals surface area (Å²) < 4.78 is 5.99. The first-order chi connectivity index (χ1) is 14.6. The fourth-order valence-electron chi connectivity index (χ4n) is 3.89. The van der Waals surface area contributed by atoms with E-state index in [1.807, 2.05) is 6.92 Å². The number of carbonyl (C=O) groups is 1. The van der Waals surface area contributed by atoms with Gasteiger partial charge in [-0.15, -0.1) is 0 Å². The van der Waals surface area contributed by atoms with Crippen molar-refractivity contribution in [2.24, 2.45) is 10.9 Å². The highest BCUT2D eigenvalue weighted by Gasteiger charge is 2.25. The van der Waals surface area contributed by atoms with Gasteiger partial charge < -0.3 is 25.8 Å². The minimum atomic E-state index is -0.186. The van der Waals surface area contributed by atoms with Gasteiger partial charge in [-0.2, -0.15) is 0 Å². The number of phenols is 1. The molecular weight excluding hydrogens is 380 g/mol. The molecule has 2 rings (SSSR count). The molecule has 1 fully saturated rings. The third-order valence-electron chi connectivity index (χ3n) is 5.37. The van der Waals surface area contributed by atoms with E-state index < -0.39 is 0 Å². The smallest absolute Gasteiger partial charge is 0.251 e. The van der Waals surface area contributed by atoms with Crippen molar-refractivity contribution in [3.05, 3.63) is 29.8 Å². The second kappa shape index (κ2) is 13.9. The Balaban J connectivity index is 1.69. The first-order valence-electron chi connectivity index (χ1n) is 11.3. The highest BCUT2D eigenvalue weighted by Crippen LogP contribution is 2.30. The highest BCUT2D eigenvalue weighted by molar-refractivity contribution is 5.94. The van der Waals surface area contributed by atoms with E-state index in [0.29, 0.717) is 30.7 Å². The van der Waals surface area contributed by atoms with Crippen molar-refractivity contribution in [2.45, 2.75) is 58.5 Å². The van der Waals surface area contributed by atoms with Gasteiger partial charge in [-0.05, 0) is 63.6 Å². The van der Waals surface area contributed by atoms with Gasteiger partial charge in [0.2, 0.25) is 0 Å². The molecule has 0 aromatic heterocycles. The van der Waals surface area contributed by atoms with Crippen LogP contribution >= 0.6 is 0 Å². The molecule has 0 spiro atoms. The number of nitrogens with one attached hydrogen (secondary N) is 3. The molecule has 1 saturated carbocycles. The summed E-state index contributed by atoms with van der Waals surface area (Å²) in [5.41, 5.74) is 0.458. The topological polar surface area (TPSA) is 95.0 Å². The van der Waals surface area contributed by atoms with Gasteiger partial charge in [0.05, 0.1) is 6.10 Å². The average molecular weight is 419 g/mol. The lowest BCUT2D eigenvalue weighted by molar-refractivity contribution is 0.0169. The third kappa shape index (κ3) is 8.61. The van der Waals surface area contributed by atoms with E-state index in [-0.39, 0.29) is 11.7 Å². The molecule has 1 aliphatic carbocycles. The maximum atomic E-state index is 12.1. The fourth-order valence-corrected chi connectivity index (χ4v) is 3.89. The molecule has 30 heavy (non-hydrogen) atoms. The zero-order chi connectivity index (χ0) is 21.6. The molecule has 1 aliphatic rings. The number of amides is 1. The summed E-state index contributed by atoms with van der Waals surface area (Å²) in [6.45, 7) is 7.68. The number of phenolic OH excluding ortho intramolecular Hbond substituents is 1. The van der Waals surface area contributed by atoms with Gasteiger partial charge in [0.15, 0.2) is 5.96 Å². The number of rotatable bonds is 12. The van der Waals surface area contributed by atoms with Crippen LogP contribution in [0.25, 0.3) is 0 Å². The summed E-state index contributed by atoms with van der Waals surface area (Å²) in [5, 5.41) is 19.0. The number of benzene rings is 1.